The summed E-state index contributed by atoms with van der Waals surface area (Å²) in [5.41, 5.74) is 0. The first kappa shape index (κ1) is 18.6. The number of hydrogen-bond donors (Lipinski definition) is 1. The minimum absolute atomic E-state index is 0. The second-order valence-electron chi connectivity index (χ2n) is 4.56. The van der Waals surface area contributed by atoms with Crippen molar-refractivity contribution in [3.05, 3.63) is 0 Å². The molecule has 1 saturated heterocycles. The average molecular weight is 295 g/mol. The normalized spacial score (nSPS) is 19.1. The molecule has 0 saturated carbocycles. The van der Waals surface area contributed by atoms with Crippen LogP contribution in [0.5, 0.6) is 0 Å². The van der Waals surface area contributed by atoms with E-state index < -0.39 is 0 Å². The van der Waals surface area contributed by atoms with Crippen LogP contribution in [0.25, 0.3) is 0 Å². The zero-order valence-corrected chi connectivity index (χ0v) is 13.0. The lowest BCUT2D eigenvalue weighted by molar-refractivity contribution is -0.148. The zero-order chi connectivity index (χ0) is 13.4. The van der Waals surface area contributed by atoms with Crippen LogP contribution in [0.2, 0.25) is 0 Å². The van der Waals surface area contributed by atoms with E-state index in [9.17, 15) is 4.79 Å². The second kappa shape index (κ2) is 10.4. The zero-order valence-electron chi connectivity index (χ0n) is 12.2. The van der Waals surface area contributed by atoms with Gasteiger partial charge in [-0.2, -0.15) is 0 Å². The van der Waals surface area contributed by atoms with Crippen LogP contribution in [-0.4, -0.2) is 62.9 Å². The van der Waals surface area contributed by atoms with Crippen molar-refractivity contribution in [1.29, 1.82) is 0 Å². The number of amides is 1. The second-order valence-corrected chi connectivity index (χ2v) is 4.56. The van der Waals surface area contributed by atoms with Gasteiger partial charge in [0.2, 0.25) is 0 Å². The van der Waals surface area contributed by atoms with E-state index in [1.165, 1.54) is 0 Å². The minimum atomic E-state index is -0.337. The van der Waals surface area contributed by atoms with Gasteiger partial charge >= 0.3 is 0 Å². The van der Waals surface area contributed by atoms with Crippen LogP contribution in [0.15, 0.2) is 0 Å². The molecule has 5 nitrogen and oxygen atoms in total. The Hall–Kier alpha value is -0.360. The number of nitrogens with zero attached hydrogens (tertiary/aromatic N) is 1. The van der Waals surface area contributed by atoms with Crippen molar-refractivity contribution in [2.75, 3.05) is 40.0 Å². The standard InChI is InChI=1S/C13H26N2O3.ClH/c1-4-11(5-2)15(7-9-17-3)13(16)12-10-14-6-8-18-12;/h11-12,14H,4-10H2,1-3H3;1H. The minimum Gasteiger partial charge on any atom is -0.383 e. The molecule has 0 aromatic carbocycles. The number of hydrogen-bond acceptors (Lipinski definition) is 4. The fourth-order valence-corrected chi connectivity index (χ4v) is 2.30. The molecule has 1 atom stereocenters. The third kappa shape index (κ3) is 5.65. The maximum absolute atomic E-state index is 12.5. The Morgan fingerprint density at radius 3 is 2.63 bits per heavy atom. The van der Waals surface area contributed by atoms with Crippen molar-refractivity contribution in [2.24, 2.45) is 0 Å². The van der Waals surface area contributed by atoms with Gasteiger partial charge in [0.1, 0.15) is 6.10 Å². The van der Waals surface area contributed by atoms with Gasteiger partial charge in [0.25, 0.3) is 5.91 Å². The summed E-state index contributed by atoms with van der Waals surface area (Å²) >= 11 is 0. The van der Waals surface area contributed by atoms with Crippen LogP contribution in [0.3, 0.4) is 0 Å². The Morgan fingerprint density at radius 2 is 2.16 bits per heavy atom. The first-order chi connectivity index (χ1) is 8.74. The van der Waals surface area contributed by atoms with Crippen molar-refractivity contribution in [1.82, 2.24) is 10.2 Å². The molecular formula is C13H27ClN2O3. The number of methoxy groups -OCH3 is 1. The summed E-state index contributed by atoms with van der Waals surface area (Å²) in [5.74, 6) is 0.0907. The SMILES string of the molecule is CCC(CC)N(CCOC)C(=O)C1CNCCO1.Cl. The highest BCUT2D eigenvalue weighted by Crippen LogP contribution is 2.12. The van der Waals surface area contributed by atoms with E-state index >= 15 is 0 Å². The number of morpholine rings is 1. The van der Waals surface area contributed by atoms with Gasteiger partial charge in [0, 0.05) is 32.8 Å². The predicted molar refractivity (Wildman–Crippen MR) is 77.8 cm³/mol. The lowest BCUT2D eigenvalue weighted by atomic mass is 10.1. The summed E-state index contributed by atoms with van der Waals surface area (Å²) in [4.78, 5) is 14.4. The number of halogens is 1. The molecular weight excluding hydrogens is 268 g/mol. The Morgan fingerprint density at radius 1 is 1.47 bits per heavy atom. The van der Waals surface area contributed by atoms with E-state index in [0.29, 0.717) is 26.3 Å². The Bertz CT molecular complexity index is 244. The summed E-state index contributed by atoms with van der Waals surface area (Å²) in [6, 6.07) is 0.276. The highest BCUT2D eigenvalue weighted by molar-refractivity contribution is 5.85. The molecule has 0 spiro atoms. The van der Waals surface area contributed by atoms with Gasteiger partial charge < -0.3 is 19.7 Å². The van der Waals surface area contributed by atoms with Gasteiger partial charge in [-0.25, -0.2) is 0 Å². The number of nitrogens with one attached hydrogen (secondary N) is 1. The van der Waals surface area contributed by atoms with E-state index in [-0.39, 0.29) is 30.5 Å². The van der Waals surface area contributed by atoms with Gasteiger partial charge in [0.15, 0.2) is 0 Å². The maximum atomic E-state index is 12.5. The van der Waals surface area contributed by atoms with Crippen molar-refractivity contribution in [3.8, 4) is 0 Å². The molecule has 114 valence electrons. The van der Waals surface area contributed by atoms with Crippen molar-refractivity contribution >= 4 is 18.3 Å². The van der Waals surface area contributed by atoms with Gasteiger partial charge in [-0.05, 0) is 12.8 Å². The van der Waals surface area contributed by atoms with Gasteiger partial charge in [0.05, 0.1) is 13.2 Å². The largest absolute Gasteiger partial charge is 0.383 e. The number of ether oxygens (including phenoxy) is 2. The van der Waals surface area contributed by atoms with E-state index in [4.69, 9.17) is 9.47 Å². The van der Waals surface area contributed by atoms with Crippen LogP contribution in [0.1, 0.15) is 26.7 Å². The molecule has 0 radical (unpaired) electrons. The Kier molecular flexibility index (Phi) is 10.2. The lowest BCUT2D eigenvalue weighted by Gasteiger charge is -2.34. The predicted octanol–water partition coefficient (Wildman–Crippen LogP) is 1.06. The molecule has 1 N–H and O–H groups in total. The van der Waals surface area contributed by atoms with E-state index in [0.717, 1.165) is 19.4 Å². The fourth-order valence-electron chi connectivity index (χ4n) is 2.30. The van der Waals surface area contributed by atoms with E-state index in [1.54, 1.807) is 7.11 Å². The van der Waals surface area contributed by atoms with E-state index in [2.05, 4.69) is 19.2 Å². The molecule has 0 bridgehead atoms. The molecule has 1 aliphatic rings. The Labute approximate surface area is 122 Å². The van der Waals surface area contributed by atoms with Crippen LogP contribution < -0.4 is 5.32 Å². The van der Waals surface area contributed by atoms with Crippen LogP contribution >= 0.6 is 12.4 Å². The molecule has 0 aromatic rings. The molecule has 1 rings (SSSR count). The quantitative estimate of drug-likeness (QED) is 0.763. The molecule has 0 aliphatic carbocycles. The molecule has 1 unspecified atom stereocenters. The number of carbonyl (C=O) groups is 1. The molecule has 1 fully saturated rings. The van der Waals surface area contributed by atoms with Gasteiger partial charge in [-0.1, -0.05) is 13.8 Å². The summed E-state index contributed by atoms with van der Waals surface area (Å²) in [7, 11) is 1.66. The summed E-state index contributed by atoms with van der Waals surface area (Å²) in [5, 5.41) is 3.20. The molecule has 1 aliphatic heterocycles. The molecule has 1 amide bonds. The first-order valence-electron chi connectivity index (χ1n) is 6.86. The van der Waals surface area contributed by atoms with Crippen molar-refractivity contribution in [2.45, 2.75) is 38.8 Å². The monoisotopic (exact) mass is 294 g/mol. The summed E-state index contributed by atoms with van der Waals surface area (Å²) in [6.45, 7) is 7.49. The van der Waals surface area contributed by atoms with Crippen LogP contribution in [-0.2, 0) is 14.3 Å². The fraction of sp³-hybridized carbons (Fsp3) is 0.923. The average Bonchev–Trinajstić information content (AvgIpc) is 2.43. The molecule has 0 aromatic heterocycles. The highest BCUT2D eigenvalue weighted by Gasteiger charge is 2.29. The highest BCUT2D eigenvalue weighted by atomic mass is 35.5. The Balaban J connectivity index is 0.00000324. The number of carbonyl (C=O) groups excluding carboxylic acids is 1. The molecule has 6 heteroatoms. The maximum Gasteiger partial charge on any atom is 0.253 e. The van der Waals surface area contributed by atoms with Crippen molar-refractivity contribution < 1.29 is 14.3 Å². The van der Waals surface area contributed by atoms with Crippen molar-refractivity contribution in [3.63, 3.8) is 0 Å². The third-order valence-corrected chi connectivity index (χ3v) is 3.41. The summed E-state index contributed by atoms with van der Waals surface area (Å²) < 4.78 is 10.6. The molecule has 1 heterocycles. The first-order valence-corrected chi connectivity index (χ1v) is 6.86. The lowest BCUT2D eigenvalue weighted by Crippen LogP contribution is -2.52. The number of rotatable bonds is 7. The molecule has 19 heavy (non-hydrogen) atoms. The summed E-state index contributed by atoms with van der Waals surface area (Å²) in [6.07, 6.45) is 1.59. The van der Waals surface area contributed by atoms with Crippen LogP contribution in [0.4, 0.5) is 0 Å². The van der Waals surface area contributed by atoms with Gasteiger partial charge in [-0.3, -0.25) is 4.79 Å². The van der Waals surface area contributed by atoms with Gasteiger partial charge in [-0.15, -0.1) is 12.4 Å². The van der Waals surface area contributed by atoms with Crippen LogP contribution in [0, 0.1) is 0 Å². The topological polar surface area (TPSA) is 50.8 Å². The third-order valence-electron chi connectivity index (χ3n) is 3.41. The van der Waals surface area contributed by atoms with E-state index in [1.807, 2.05) is 4.90 Å². The smallest absolute Gasteiger partial charge is 0.253 e.